The monoisotopic (exact) mass is 401 g/mol. The number of rotatable bonds is 5. The van der Waals surface area contributed by atoms with E-state index in [-0.39, 0.29) is 29.4 Å². The van der Waals surface area contributed by atoms with Crippen molar-refractivity contribution < 1.29 is 19.4 Å². The minimum atomic E-state index is -0.555. The molecule has 5 nitrogen and oxygen atoms in total. The quantitative estimate of drug-likeness (QED) is 0.693. The van der Waals surface area contributed by atoms with Crippen molar-refractivity contribution in [1.29, 1.82) is 0 Å². The van der Waals surface area contributed by atoms with Crippen molar-refractivity contribution in [3.8, 4) is 0 Å². The summed E-state index contributed by atoms with van der Waals surface area (Å²) in [5.41, 5.74) is -0.673. The van der Waals surface area contributed by atoms with Crippen molar-refractivity contribution in [2.75, 3.05) is 6.61 Å². The van der Waals surface area contributed by atoms with E-state index in [4.69, 9.17) is 4.74 Å². The van der Waals surface area contributed by atoms with E-state index < -0.39 is 5.60 Å². The van der Waals surface area contributed by atoms with Gasteiger partial charge in [0.05, 0.1) is 12.0 Å². The molecule has 0 aromatic heterocycles. The molecule has 0 spiro atoms. The van der Waals surface area contributed by atoms with Crippen molar-refractivity contribution in [3.63, 3.8) is 0 Å². The summed E-state index contributed by atoms with van der Waals surface area (Å²) in [7, 11) is 0. The molecule has 2 N–H and O–H groups in total. The van der Waals surface area contributed by atoms with E-state index in [1.165, 1.54) is 25.7 Å². The van der Waals surface area contributed by atoms with Crippen molar-refractivity contribution in [3.05, 3.63) is 0 Å². The SMILES string of the molecule is O=C(COC(=O)CC12C[C@@H]3C[C@H](CC(O)(C3)C1)C2)NC12CC3CC(CC(C3)C1)C2. The number of carbonyl (C=O) groups excluding carboxylic acids is 2. The van der Waals surface area contributed by atoms with Crippen molar-refractivity contribution >= 4 is 11.9 Å². The lowest BCUT2D eigenvalue weighted by molar-refractivity contribution is -0.177. The number of aliphatic hydroxyl groups is 1. The van der Waals surface area contributed by atoms with Gasteiger partial charge >= 0.3 is 5.97 Å². The lowest BCUT2D eigenvalue weighted by Crippen LogP contribution is -2.60. The highest BCUT2D eigenvalue weighted by molar-refractivity contribution is 5.81. The molecule has 8 fully saturated rings. The van der Waals surface area contributed by atoms with Gasteiger partial charge in [-0.1, -0.05) is 0 Å². The Morgan fingerprint density at radius 2 is 1.38 bits per heavy atom. The fourth-order valence-electron chi connectivity index (χ4n) is 9.71. The molecule has 29 heavy (non-hydrogen) atoms. The first-order valence-electron chi connectivity index (χ1n) is 12.0. The highest BCUT2D eigenvalue weighted by Gasteiger charge is 2.57. The van der Waals surface area contributed by atoms with Crippen LogP contribution in [0.15, 0.2) is 0 Å². The number of esters is 1. The van der Waals surface area contributed by atoms with Crippen LogP contribution in [-0.4, -0.2) is 34.7 Å². The number of carbonyl (C=O) groups is 2. The molecule has 0 radical (unpaired) electrons. The highest BCUT2D eigenvalue weighted by Crippen LogP contribution is 2.63. The molecule has 0 aromatic rings. The van der Waals surface area contributed by atoms with Crippen LogP contribution in [-0.2, 0) is 14.3 Å². The van der Waals surface area contributed by atoms with E-state index in [1.54, 1.807) is 0 Å². The van der Waals surface area contributed by atoms with E-state index in [0.717, 1.165) is 69.1 Å². The van der Waals surface area contributed by atoms with Gasteiger partial charge in [-0.3, -0.25) is 9.59 Å². The van der Waals surface area contributed by atoms with E-state index in [1.807, 2.05) is 0 Å². The summed E-state index contributed by atoms with van der Waals surface area (Å²) >= 11 is 0. The molecule has 8 saturated carbocycles. The number of hydrogen-bond donors (Lipinski definition) is 2. The zero-order valence-electron chi connectivity index (χ0n) is 17.5. The van der Waals surface area contributed by atoms with E-state index in [9.17, 15) is 14.7 Å². The lowest BCUT2D eigenvalue weighted by atomic mass is 9.47. The third-order valence-electron chi connectivity index (χ3n) is 9.48. The Kier molecular flexibility index (Phi) is 3.99. The Hall–Kier alpha value is -1.10. The molecular formula is C24H35NO4. The lowest BCUT2D eigenvalue weighted by Gasteiger charge is -2.60. The molecular weight excluding hydrogens is 366 g/mol. The molecule has 0 unspecified atom stereocenters. The molecule has 8 rings (SSSR count). The fraction of sp³-hybridized carbons (Fsp3) is 0.917. The summed E-state index contributed by atoms with van der Waals surface area (Å²) in [6.45, 7) is -0.145. The zero-order chi connectivity index (χ0) is 19.9. The second-order valence-corrected chi connectivity index (χ2v) is 12.3. The number of hydrogen-bond acceptors (Lipinski definition) is 4. The molecule has 2 atom stereocenters. The first kappa shape index (κ1) is 18.7. The van der Waals surface area contributed by atoms with Gasteiger partial charge in [0.1, 0.15) is 0 Å². The second-order valence-electron chi connectivity index (χ2n) is 12.3. The van der Waals surface area contributed by atoms with Crippen LogP contribution in [0, 0.1) is 35.0 Å². The van der Waals surface area contributed by atoms with Gasteiger partial charge in [-0.15, -0.1) is 0 Å². The normalized spacial score (nSPS) is 51.3. The van der Waals surface area contributed by atoms with Gasteiger partial charge < -0.3 is 15.2 Å². The van der Waals surface area contributed by atoms with Crippen LogP contribution in [0.2, 0.25) is 0 Å². The largest absolute Gasteiger partial charge is 0.456 e. The van der Waals surface area contributed by atoms with Crippen molar-refractivity contribution in [2.24, 2.45) is 35.0 Å². The summed E-state index contributed by atoms with van der Waals surface area (Å²) in [5, 5.41) is 14.2. The molecule has 1 amide bonds. The van der Waals surface area contributed by atoms with Crippen molar-refractivity contribution in [2.45, 2.75) is 94.6 Å². The van der Waals surface area contributed by atoms with Crippen LogP contribution in [0.1, 0.15) is 83.5 Å². The van der Waals surface area contributed by atoms with E-state index in [2.05, 4.69) is 5.32 Å². The maximum absolute atomic E-state index is 12.6. The van der Waals surface area contributed by atoms with Crippen LogP contribution in [0.5, 0.6) is 0 Å². The van der Waals surface area contributed by atoms with Crippen LogP contribution >= 0.6 is 0 Å². The van der Waals surface area contributed by atoms with Crippen LogP contribution in [0.3, 0.4) is 0 Å². The van der Waals surface area contributed by atoms with Crippen LogP contribution in [0.25, 0.3) is 0 Å². The molecule has 5 heteroatoms. The molecule has 8 bridgehead atoms. The molecule has 8 aliphatic carbocycles. The third kappa shape index (κ3) is 3.32. The molecule has 0 aromatic carbocycles. The summed E-state index contributed by atoms with van der Waals surface area (Å²) in [5.74, 6) is 3.10. The smallest absolute Gasteiger partial charge is 0.306 e. The minimum Gasteiger partial charge on any atom is -0.456 e. The maximum atomic E-state index is 12.6. The van der Waals surface area contributed by atoms with E-state index in [0.29, 0.717) is 18.3 Å². The third-order valence-corrected chi connectivity index (χ3v) is 9.48. The first-order chi connectivity index (χ1) is 13.8. The first-order valence-corrected chi connectivity index (χ1v) is 12.0. The summed E-state index contributed by atoms with van der Waals surface area (Å²) in [6.07, 6.45) is 13.6. The molecule has 0 heterocycles. The van der Waals surface area contributed by atoms with Crippen LogP contribution < -0.4 is 5.32 Å². The predicted octanol–water partition coefficient (Wildman–Crippen LogP) is 3.34. The summed E-state index contributed by atoms with van der Waals surface area (Å²) in [4.78, 5) is 25.2. The van der Waals surface area contributed by atoms with Gasteiger partial charge in [-0.05, 0) is 112 Å². The Morgan fingerprint density at radius 1 is 0.828 bits per heavy atom. The Morgan fingerprint density at radius 3 is 1.93 bits per heavy atom. The second kappa shape index (κ2) is 6.21. The van der Waals surface area contributed by atoms with Gasteiger partial charge in [0.15, 0.2) is 6.61 Å². The van der Waals surface area contributed by atoms with Gasteiger partial charge in [0, 0.05) is 5.54 Å². The maximum Gasteiger partial charge on any atom is 0.306 e. The highest BCUT2D eigenvalue weighted by atomic mass is 16.5. The predicted molar refractivity (Wildman–Crippen MR) is 107 cm³/mol. The molecule has 160 valence electrons. The van der Waals surface area contributed by atoms with Gasteiger partial charge in [-0.25, -0.2) is 0 Å². The number of amides is 1. The molecule has 8 aliphatic rings. The van der Waals surface area contributed by atoms with Crippen molar-refractivity contribution in [1.82, 2.24) is 5.32 Å². The summed E-state index contributed by atoms with van der Waals surface area (Å²) < 4.78 is 5.46. The molecule has 0 saturated heterocycles. The fourth-order valence-corrected chi connectivity index (χ4v) is 9.71. The van der Waals surface area contributed by atoms with Gasteiger partial charge in [0.2, 0.25) is 0 Å². The number of nitrogens with one attached hydrogen (secondary N) is 1. The van der Waals surface area contributed by atoms with E-state index >= 15 is 0 Å². The Labute approximate surface area is 173 Å². The average Bonchev–Trinajstić information content (AvgIpc) is 2.55. The molecule has 0 aliphatic heterocycles. The topological polar surface area (TPSA) is 75.6 Å². The minimum absolute atomic E-state index is 0.0264. The summed E-state index contributed by atoms with van der Waals surface area (Å²) in [6, 6.07) is 0. The standard InChI is InChI=1S/C24H35NO4/c26-20(25-23-7-15-1-16(8-23)3-17(2-15)9-23)13-29-21(27)12-22-5-18-4-19(6-22)11-24(28,10-18)14-22/h15-19,28H,1-14H2,(H,25,26)/t15?,16?,17?,18-,19-,22?,23?,24?/m0/s1. The Balaban J connectivity index is 1.03. The number of ether oxygens (including phenoxy) is 1. The zero-order valence-corrected chi connectivity index (χ0v) is 17.5. The van der Waals surface area contributed by atoms with Gasteiger partial charge in [-0.2, -0.15) is 0 Å². The Bertz CT molecular complexity index is 681. The van der Waals surface area contributed by atoms with Crippen LogP contribution in [0.4, 0.5) is 0 Å². The average molecular weight is 402 g/mol. The van der Waals surface area contributed by atoms with Gasteiger partial charge in [0.25, 0.3) is 5.91 Å².